The molecule has 1 aromatic carbocycles. The van der Waals surface area contributed by atoms with Crippen molar-refractivity contribution in [2.24, 2.45) is 5.14 Å². The van der Waals surface area contributed by atoms with Gasteiger partial charge in [0.25, 0.3) is 0 Å². The number of hydrogen-bond acceptors (Lipinski definition) is 3. The Kier molecular flexibility index (Phi) is 5.75. The zero-order valence-electron chi connectivity index (χ0n) is 11.4. The second-order valence-corrected chi connectivity index (χ2v) is 13.6. The Labute approximate surface area is 124 Å². The van der Waals surface area contributed by atoms with Gasteiger partial charge in [0.2, 0.25) is 10.0 Å². The van der Waals surface area contributed by atoms with Gasteiger partial charge in [-0.2, -0.15) is 0 Å². The van der Waals surface area contributed by atoms with Crippen LogP contribution in [0, 0.1) is 0 Å². The molecule has 0 fully saturated rings. The van der Waals surface area contributed by atoms with E-state index in [0.29, 0.717) is 17.7 Å². The van der Waals surface area contributed by atoms with Gasteiger partial charge in [0.05, 0.1) is 11.5 Å². The van der Waals surface area contributed by atoms with Gasteiger partial charge in [-0.1, -0.05) is 31.8 Å². The molecule has 0 spiro atoms. The lowest BCUT2D eigenvalue weighted by molar-refractivity contribution is 0.132. The summed E-state index contributed by atoms with van der Waals surface area (Å²) < 4.78 is 28.9. The first-order valence-corrected chi connectivity index (χ1v) is 12.0. The molecule has 0 aliphatic rings. The molecule has 0 aromatic heterocycles. The van der Waals surface area contributed by atoms with Gasteiger partial charge in [-0.3, -0.25) is 0 Å². The zero-order chi connectivity index (χ0) is 14.7. The Morgan fingerprint density at radius 3 is 2.47 bits per heavy atom. The average Bonchev–Trinajstić information content (AvgIpc) is 2.23. The number of hydrogen-bond donors (Lipinski definition) is 1. The zero-order valence-corrected chi connectivity index (χ0v) is 14.8. The second kappa shape index (κ2) is 6.49. The summed E-state index contributed by atoms with van der Waals surface area (Å²) in [6.45, 7) is 7.94. The Balaban J connectivity index is 2.71. The smallest absolute Gasteiger partial charge is 0.239 e. The number of rotatable bonds is 6. The van der Waals surface area contributed by atoms with E-state index in [9.17, 15) is 8.42 Å². The Morgan fingerprint density at radius 2 is 1.95 bits per heavy atom. The summed E-state index contributed by atoms with van der Waals surface area (Å²) in [5.74, 6) is 0. The van der Waals surface area contributed by atoms with E-state index < -0.39 is 18.1 Å². The van der Waals surface area contributed by atoms with Crippen LogP contribution in [0.25, 0.3) is 0 Å². The summed E-state index contributed by atoms with van der Waals surface area (Å²) in [5, 5.41) is 5.15. The molecule has 108 valence electrons. The number of halogens is 1. The first-order valence-electron chi connectivity index (χ1n) is 5.99. The highest BCUT2D eigenvalue weighted by molar-refractivity contribution is 9.10. The molecule has 7 heteroatoms. The highest BCUT2D eigenvalue weighted by Crippen LogP contribution is 2.25. The Bertz CT molecular complexity index is 540. The first kappa shape index (κ1) is 16.8. The lowest BCUT2D eigenvalue weighted by Gasteiger charge is -2.16. The van der Waals surface area contributed by atoms with Crippen molar-refractivity contribution in [1.82, 2.24) is 0 Å². The van der Waals surface area contributed by atoms with E-state index in [1.807, 2.05) is 6.07 Å². The van der Waals surface area contributed by atoms with Gasteiger partial charge in [0.15, 0.2) is 0 Å². The number of benzene rings is 1. The molecular weight excluding hydrogens is 346 g/mol. The van der Waals surface area contributed by atoms with E-state index in [-0.39, 0.29) is 4.90 Å². The topological polar surface area (TPSA) is 69.4 Å². The van der Waals surface area contributed by atoms with Crippen molar-refractivity contribution in [3.05, 3.63) is 28.2 Å². The Morgan fingerprint density at radius 1 is 1.32 bits per heavy atom. The lowest BCUT2D eigenvalue weighted by atomic mass is 10.2. The fourth-order valence-electron chi connectivity index (χ4n) is 1.45. The molecule has 0 saturated heterocycles. The SMILES string of the molecule is C[Si](C)(C)CCOCc1cccc(S(N)(=O)=O)c1Br. The summed E-state index contributed by atoms with van der Waals surface area (Å²) in [5.41, 5.74) is 0.794. The van der Waals surface area contributed by atoms with Crippen molar-refractivity contribution in [2.45, 2.75) is 37.2 Å². The van der Waals surface area contributed by atoms with Crippen LogP contribution in [0.1, 0.15) is 5.56 Å². The van der Waals surface area contributed by atoms with Crippen molar-refractivity contribution in [1.29, 1.82) is 0 Å². The van der Waals surface area contributed by atoms with Crippen LogP contribution in [-0.4, -0.2) is 23.1 Å². The third-order valence-corrected chi connectivity index (χ3v) is 6.46. The van der Waals surface area contributed by atoms with Crippen LogP contribution in [0.4, 0.5) is 0 Å². The fourth-order valence-corrected chi connectivity index (χ4v) is 3.91. The average molecular weight is 366 g/mol. The van der Waals surface area contributed by atoms with E-state index in [4.69, 9.17) is 9.88 Å². The van der Waals surface area contributed by atoms with Gasteiger partial charge in [-0.25, -0.2) is 13.6 Å². The van der Waals surface area contributed by atoms with E-state index in [1.165, 1.54) is 6.07 Å². The molecule has 0 radical (unpaired) electrons. The molecule has 0 bridgehead atoms. The van der Waals surface area contributed by atoms with E-state index in [0.717, 1.165) is 11.6 Å². The third-order valence-electron chi connectivity index (χ3n) is 2.60. The normalized spacial score (nSPS) is 12.7. The number of sulfonamides is 1. The molecule has 0 atom stereocenters. The monoisotopic (exact) mass is 365 g/mol. The molecule has 0 aliphatic carbocycles. The maximum atomic E-state index is 11.4. The molecule has 19 heavy (non-hydrogen) atoms. The van der Waals surface area contributed by atoms with Gasteiger partial charge < -0.3 is 4.74 Å². The van der Waals surface area contributed by atoms with Crippen LogP contribution in [0.15, 0.2) is 27.6 Å². The van der Waals surface area contributed by atoms with Crippen LogP contribution in [0.5, 0.6) is 0 Å². The molecule has 0 aliphatic heterocycles. The molecular formula is C12H20BrNO3SSi. The standard InChI is InChI=1S/C12H20BrNO3SSi/c1-19(2,3)8-7-17-9-10-5-4-6-11(12(10)13)18(14,15)16/h4-6H,7-9H2,1-3H3,(H2,14,15,16). The van der Waals surface area contributed by atoms with E-state index in [2.05, 4.69) is 35.6 Å². The number of primary sulfonamides is 1. The number of nitrogens with two attached hydrogens (primary N) is 1. The van der Waals surface area contributed by atoms with Crippen LogP contribution in [0.3, 0.4) is 0 Å². The van der Waals surface area contributed by atoms with Gasteiger partial charge in [-0.05, 0) is 33.6 Å². The Hall–Kier alpha value is -0.213. The predicted octanol–water partition coefficient (Wildman–Crippen LogP) is 2.95. The molecule has 0 amide bonds. The van der Waals surface area contributed by atoms with Crippen LogP contribution in [-0.2, 0) is 21.4 Å². The summed E-state index contributed by atoms with van der Waals surface area (Å²) in [4.78, 5) is 0.0961. The summed E-state index contributed by atoms with van der Waals surface area (Å²) in [6.07, 6.45) is 0. The van der Waals surface area contributed by atoms with Crippen LogP contribution in [0.2, 0.25) is 25.7 Å². The molecule has 0 saturated carbocycles. The molecule has 0 unspecified atom stereocenters. The fraction of sp³-hybridized carbons (Fsp3) is 0.500. The molecule has 1 aromatic rings. The molecule has 0 heterocycles. The molecule has 2 N–H and O–H groups in total. The molecule has 4 nitrogen and oxygen atoms in total. The summed E-state index contributed by atoms with van der Waals surface area (Å²) in [6, 6.07) is 6.06. The van der Waals surface area contributed by atoms with Crippen molar-refractivity contribution < 1.29 is 13.2 Å². The van der Waals surface area contributed by atoms with Gasteiger partial charge >= 0.3 is 0 Å². The van der Waals surface area contributed by atoms with Crippen molar-refractivity contribution >= 4 is 34.0 Å². The lowest BCUT2D eigenvalue weighted by Crippen LogP contribution is -2.21. The summed E-state index contributed by atoms with van der Waals surface area (Å²) >= 11 is 3.28. The van der Waals surface area contributed by atoms with Gasteiger partial charge in [0, 0.05) is 19.2 Å². The van der Waals surface area contributed by atoms with E-state index in [1.54, 1.807) is 6.07 Å². The number of ether oxygens (including phenoxy) is 1. The highest BCUT2D eigenvalue weighted by Gasteiger charge is 2.16. The quantitative estimate of drug-likeness (QED) is 0.622. The second-order valence-electron chi connectivity index (χ2n) is 5.64. The summed E-state index contributed by atoms with van der Waals surface area (Å²) in [7, 11) is -4.81. The van der Waals surface area contributed by atoms with Gasteiger partial charge in [0.1, 0.15) is 0 Å². The van der Waals surface area contributed by atoms with E-state index >= 15 is 0 Å². The first-order chi connectivity index (χ1) is 8.61. The van der Waals surface area contributed by atoms with Crippen molar-refractivity contribution in [3.63, 3.8) is 0 Å². The molecule has 1 rings (SSSR count). The maximum absolute atomic E-state index is 11.4. The third kappa shape index (κ3) is 5.74. The van der Waals surface area contributed by atoms with Crippen LogP contribution >= 0.6 is 15.9 Å². The van der Waals surface area contributed by atoms with Crippen molar-refractivity contribution in [3.8, 4) is 0 Å². The maximum Gasteiger partial charge on any atom is 0.239 e. The minimum Gasteiger partial charge on any atom is -0.377 e. The van der Waals surface area contributed by atoms with Crippen molar-refractivity contribution in [2.75, 3.05) is 6.61 Å². The highest BCUT2D eigenvalue weighted by atomic mass is 79.9. The van der Waals surface area contributed by atoms with Crippen LogP contribution < -0.4 is 5.14 Å². The predicted molar refractivity (Wildman–Crippen MR) is 83.3 cm³/mol. The van der Waals surface area contributed by atoms with Gasteiger partial charge in [-0.15, -0.1) is 0 Å². The largest absolute Gasteiger partial charge is 0.377 e. The minimum atomic E-state index is -3.71. The minimum absolute atomic E-state index is 0.0961.